The predicted octanol–water partition coefficient (Wildman–Crippen LogP) is 1.85. The van der Waals surface area contributed by atoms with Crippen LogP contribution in [0.25, 0.3) is 0 Å². The Morgan fingerprint density at radius 3 is 2.53 bits per heavy atom. The fourth-order valence-electron chi connectivity index (χ4n) is 1.61. The third-order valence-electron chi connectivity index (χ3n) is 3.04. The first-order valence-electron chi connectivity index (χ1n) is 6.15. The van der Waals surface area contributed by atoms with E-state index in [-0.39, 0.29) is 24.7 Å². The SMILES string of the molecule is CC(NCC(O)C(C)C)c1cccc(CO)c1. The lowest BCUT2D eigenvalue weighted by atomic mass is 10.0. The third kappa shape index (κ3) is 4.46. The van der Waals surface area contributed by atoms with Crippen molar-refractivity contribution < 1.29 is 10.2 Å². The maximum atomic E-state index is 9.72. The summed E-state index contributed by atoms with van der Waals surface area (Å²) in [5.74, 6) is 0.262. The van der Waals surface area contributed by atoms with Gasteiger partial charge in [0.2, 0.25) is 0 Å². The van der Waals surface area contributed by atoms with Crippen molar-refractivity contribution in [3.05, 3.63) is 35.4 Å². The van der Waals surface area contributed by atoms with E-state index in [1.807, 2.05) is 38.1 Å². The van der Waals surface area contributed by atoms with Crippen LogP contribution in [-0.4, -0.2) is 22.9 Å². The molecular weight excluding hydrogens is 214 g/mol. The molecule has 0 spiro atoms. The van der Waals surface area contributed by atoms with Gasteiger partial charge in [0.15, 0.2) is 0 Å². The van der Waals surface area contributed by atoms with Crippen LogP contribution in [-0.2, 0) is 6.61 Å². The van der Waals surface area contributed by atoms with Crippen molar-refractivity contribution >= 4 is 0 Å². The molecule has 96 valence electrons. The van der Waals surface area contributed by atoms with Crippen LogP contribution in [0, 0.1) is 5.92 Å². The van der Waals surface area contributed by atoms with Gasteiger partial charge < -0.3 is 15.5 Å². The van der Waals surface area contributed by atoms with Gasteiger partial charge >= 0.3 is 0 Å². The number of hydrogen-bond donors (Lipinski definition) is 3. The molecule has 2 atom stereocenters. The van der Waals surface area contributed by atoms with Crippen molar-refractivity contribution in [2.45, 2.75) is 39.5 Å². The maximum Gasteiger partial charge on any atom is 0.0687 e. The van der Waals surface area contributed by atoms with Gasteiger partial charge in [-0.1, -0.05) is 38.1 Å². The smallest absolute Gasteiger partial charge is 0.0687 e. The zero-order valence-corrected chi connectivity index (χ0v) is 10.9. The van der Waals surface area contributed by atoms with Crippen LogP contribution in [0.5, 0.6) is 0 Å². The molecule has 0 bridgehead atoms. The Morgan fingerprint density at radius 1 is 1.24 bits per heavy atom. The van der Waals surface area contributed by atoms with Gasteiger partial charge in [-0.25, -0.2) is 0 Å². The largest absolute Gasteiger partial charge is 0.392 e. The molecule has 0 aromatic heterocycles. The van der Waals surface area contributed by atoms with E-state index in [9.17, 15) is 5.11 Å². The second-order valence-corrected chi connectivity index (χ2v) is 4.84. The van der Waals surface area contributed by atoms with E-state index in [2.05, 4.69) is 12.2 Å². The summed E-state index contributed by atoms with van der Waals surface area (Å²) < 4.78 is 0. The van der Waals surface area contributed by atoms with Crippen molar-refractivity contribution in [3.8, 4) is 0 Å². The van der Waals surface area contributed by atoms with Crippen LogP contribution in [0.1, 0.15) is 37.9 Å². The molecule has 0 fully saturated rings. The van der Waals surface area contributed by atoms with Crippen LogP contribution in [0.15, 0.2) is 24.3 Å². The molecule has 0 aliphatic rings. The zero-order chi connectivity index (χ0) is 12.8. The van der Waals surface area contributed by atoms with Crippen LogP contribution in [0.4, 0.5) is 0 Å². The fourth-order valence-corrected chi connectivity index (χ4v) is 1.61. The van der Waals surface area contributed by atoms with E-state index in [4.69, 9.17) is 5.11 Å². The molecule has 0 amide bonds. The summed E-state index contributed by atoms with van der Waals surface area (Å²) in [6.45, 7) is 6.72. The molecule has 2 unspecified atom stereocenters. The number of aliphatic hydroxyl groups excluding tert-OH is 2. The highest BCUT2D eigenvalue weighted by molar-refractivity contribution is 5.25. The van der Waals surface area contributed by atoms with E-state index in [0.29, 0.717) is 6.54 Å². The highest BCUT2D eigenvalue weighted by Gasteiger charge is 2.11. The molecule has 17 heavy (non-hydrogen) atoms. The highest BCUT2D eigenvalue weighted by Crippen LogP contribution is 2.14. The average molecular weight is 237 g/mol. The molecule has 3 nitrogen and oxygen atoms in total. The first kappa shape index (κ1) is 14.2. The molecule has 0 saturated heterocycles. The quantitative estimate of drug-likeness (QED) is 0.707. The Morgan fingerprint density at radius 2 is 1.94 bits per heavy atom. The summed E-state index contributed by atoms with van der Waals surface area (Å²) in [5, 5.41) is 22.1. The molecule has 3 N–H and O–H groups in total. The van der Waals surface area contributed by atoms with Crippen LogP contribution in [0.3, 0.4) is 0 Å². The number of rotatable bonds is 6. The summed E-state index contributed by atoms with van der Waals surface area (Å²) in [5.41, 5.74) is 2.05. The Bertz CT molecular complexity index is 339. The summed E-state index contributed by atoms with van der Waals surface area (Å²) in [7, 11) is 0. The second kappa shape index (κ2) is 6.74. The van der Waals surface area contributed by atoms with E-state index in [0.717, 1.165) is 11.1 Å². The van der Waals surface area contributed by atoms with Gasteiger partial charge in [-0.3, -0.25) is 0 Å². The third-order valence-corrected chi connectivity index (χ3v) is 3.04. The summed E-state index contributed by atoms with van der Waals surface area (Å²) >= 11 is 0. The zero-order valence-electron chi connectivity index (χ0n) is 10.9. The molecule has 1 rings (SSSR count). The van der Waals surface area contributed by atoms with Crippen molar-refractivity contribution in [1.82, 2.24) is 5.32 Å². The Kier molecular flexibility index (Phi) is 5.62. The minimum Gasteiger partial charge on any atom is -0.392 e. The molecule has 0 radical (unpaired) electrons. The van der Waals surface area contributed by atoms with E-state index in [1.165, 1.54) is 0 Å². The lowest BCUT2D eigenvalue weighted by Gasteiger charge is -2.20. The number of hydrogen-bond acceptors (Lipinski definition) is 3. The molecule has 0 aliphatic carbocycles. The van der Waals surface area contributed by atoms with E-state index >= 15 is 0 Å². The van der Waals surface area contributed by atoms with Crippen molar-refractivity contribution in [2.75, 3.05) is 6.54 Å². The second-order valence-electron chi connectivity index (χ2n) is 4.84. The van der Waals surface area contributed by atoms with Gasteiger partial charge in [-0.15, -0.1) is 0 Å². The van der Waals surface area contributed by atoms with Gasteiger partial charge in [0.05, 0.1) is 12.7 Å². The van der Waals surface area contributed by atoms with Crippen LogP contribution in [0.2, 0.25) is 0 Å². The van der Waals surface area contributed by atoms with Crippen molar-refractivity contribution in [1.29, 1.82) is 0 Å². The molecule has 0 heterocycles. The first-order valence-corrected chi connectivity index (χ1v) is 6.15. The molecular formula is C14H23NO2. The lowest BCUT2D eigenvalue weighted by molar-refractivity contribution is 0.120. The summed E-state index contributed by atoms with van der Waals surface area (Å²) in [6, 6.07) is 8.03. The predicted molar refractivity (Wildman–Crippen MR) is 69.6 cm³/mol. The van der Waals surface area contributed by atoms with Crippen LogP contribution >= 0.6 is 0 Å². The Balaban J connectivity index is 2.54. The van der Waals surface area contributed by atoms with Crippen molar-refractivity contribution in [2.24, 2.45) is 5.92 Å². The van der Waals surface area contributed by atoms with Gasteiger partial charge in [0, 0.05) is 12.6 Å². The van der Waals surface area contributed by atoms with E-state index < -0.39 is 0 Å². The van der Waals surface area contributed by atoms with Gasteiger partial charge in [0.25, 0.3) is 0 Å². The lowest BCUT2D eigenvalue weighted by Crippen LogP contribution is -2.32. The van der Waals surface area contributed by atoms with Gasteiger partial charge in [-0.2, -0.15) is 0 Å². The molecule has 3 heteroatoms. The topological polar surface area (TPSA) is 52.5 Å². The fraction of sp³-hybridized carbons (Fsp3) is 0.571. The normalized spacial score (nSPS) is 14.9. The number of aliphatic hydroxyl groups is 2. The van der Waals surface area contributed by atoms with Gasteiger partial charge in [-0.05, 0) is 24.0 Å². The standard InChI is InChI=1S/C14H23NO2/c1-10(2)14(17)8-15-11(3)13-6-4-5-12(7-13)9-16/h4-7,10-11,14-17H,8-9H2,1-3H3. The average Bonchev–Trinajstić information content (AvgIpc) is 2.35. The summed E-state index contributed by atoms with van der Waals surface area (Å²) in [6.07, 6.45) is -0.321. The monoisotopic (exact) mass is 237 g/mol. The molecule has 0 aliphatic heterocycles. The Hall–Kier alpha value is -0.900. The molecule has 1 aromatic rings. The maximum absolute atomic E-state index is 9.72. The summed E-state index contributed by atoms with van der Waals surface area (Å²) in [4.78, 5) is 0. The van der Waals surface area contributed by atoms with E-state index in [1.54, 1.807) is 0 Å². The van der Waals surface area contributed by atoms with Crippen molar-refractivity contribution in [3.63, 3.8) is 0 Å². The van der Waals surface area contributed by atoms with Gasteiger partial charge in [0.1, 0.15) is 0 Å². The number of nitrogens with one attached hydrogen (secondary N) is 1. The molecule has 0 saturated carbocycles. The van der Waals surface area contributed by atoms with Crippen LogP contribution < -0.4 is 5.32 Å². The molecule has 1 aromatic carbocycles. The Labute approximate surface area is 103 Å². The highest BCUT2D eigenvalue weighted by atomic mass is 16.3. The minimum atomic E-state index is -0.321. The number of benzene rings is 1. The first-order chi connectivity index (χ1) is 8.04. The minimum absolute atomic E-state index is 0.0647.